The first-order valence-electron chi connectivity index (χ1n) is 2.45. The maximum absolute atomic E-state index is 10.1. The zero-order chi connectivity index (χ0) is 6.69. The van der Waals surface area contributed by atoms with Gasteiger partial charge in [0.05, 0.1) is 0 Å². The summed E-state index contributed by atoms with van der Waals surface area (Å²) in [7, 11) is 0. The predicted molar refractivity (Wildman–Crippen MR) is 39.7 cm³/mol. The van der Waals surface area contributed by atoms with E-state index >= 15 is 0 Å². The molecule has 0 saturated heterocycles. The maximum atomic E-state index is 10.1. The van der Waals surface area contributed by atoms with E-state index in [1.807, 2.05) is 0 Å². The van der Waals surface area contributed by atoms with E-state index in [2.05, 4.69) is 4.98 Å². The first-order valence-corrected chi connectivity index (χ1v) is 2.45. The number of nitrogens with zero attached hydrogens (tertiary/aromatic N) is 1. The van der Waals surface area contributed by atoms with E-state index in [9.17, 15) is 4.79 Å². The van der Waals surface area contributed by atoms with Crippen molar-refractivity contribution in [1.82, 2.24) is 4.98 Å². The number of pyridine rings is 1. The third-order valence-electron chi connectivity index (χ3n) is 0.884. The van der Waals surface area contributed by atoms with Gasteiger partial charge in [-0.05, 0) is 12.1 Å². The molecule has 0 atom stereocenters. The van der Waals surface area contributed by atoms with Crippen LogP contribution in [0.4, 0.5) is 0 Å². The molecule has 0 aliphatic heterocycles. The van der Waals surface area contributed by atoms with E-state index in [-0.39, 0.29) is 22.8 Å². The van der Waals surface area contributed by atoms with E-state index in [1.54, 1.807) is 12.1 Å². The van der Waals surface area contributed by atoms with Crippen LogP contribution in [-0.2, 0) is 0 Å². The average Bonchev–Trinajstić information content (AvgIpc) is 1.90. The van der Waals surface area contributed by atoms with Crippen molar-refractivity contribution in [3.8, 4) is 0 Å². The molecule has 1 heterocycles. The summed E-state index contributed by atoms with van der Waals surface area (Å²) in [5.74, 6) is -0.990. The molecule has 0 radical (unpaired) electrons. The summed E-state index contributed by atoms with van der Waals surface area (Å²) in [5, 5.41) is 8.32. The predicted octanol–water partition coefficient (Wildman–Crippen LogP) is -0.136. The summed E-state index contributed by atoms with van der Waals surface area (Å²) in [6, 6.07) is 4.76. The summed E-state index contributed by atoms with van der Waals surface area (Å²) in [5.41, 5.74) is 0.0810. The van der Waals surface area contributed by atoms with Gasteiger partial charge in [0.25, 0.3) is 0 Å². The Morgan fingerprint density at radius 3 is 2.50 bits per heavy atom. The summed E-state index contributed by atoms with van der Waals surface area (Å²) in [4.78, 5) is 13.7. The third-order valence-corrected chi connectivity index (χ3v) is 0.884. The number of hydrogen-bond acceptors (Lipinski definition) is 2. The van der Waals surface area contributed by atoms with Gasteiger partial charge >= 0.3 is 23.0 Å². The second-order valence-corrected chi connectivity index (χ2v) is 1.52. The van der Waals surface area contributed by atoms with Crippen molar-refractivity contribution in [2.24, 2.45) is 0 Å². The molecule has 54 valence electrons. The van der Waals surface area contributed by atoms with Crippen molar-refractivity contribution in [1.29, 1.82) is 0 Å². The van der Waals surface area contributed by atoms with Crippen LogP contribution in [0.1, 0.15) is 10.5 Å². The SMILES string of the molecule is O=C(O)c1ccccn1.[SeH2]. The number of aromatic carboxylic acids is 1. The molecule has 0 aromatic carbocycles. The average molecular weight is 204 g/mol. The van der Waals surface area contributed by atoms with Gasteiger partial charge in [-0.2, -0.15) is 0 Å². The van der Waals surface area contributed by atoms with Crippen LogP contribution in [-0.4, -0.2) is 33.1 Å². The topological polar surface area (TPSA) is 50.2 Å². The Balaban J connectivity index is 0.000000810. The van der Waals surface area contributed by atoms with Crippen LogP contribution in [0, 0.1) is 0 Å². The zero-order valence-corrected chi connectivity index (χ0v) is 7.21. The van der Waals surface area contributed by atoms with Gasteiger partial charge in [-0.15, -0.1) is 0 Å². The van der Waals surface area contributed by atoms with Gasteiger partial charge in [-0.1, -0.05) is 6.07 Å². The van der Waals surface area contributed by atoms with E-state index in [1.165, 1.54) is 12.3 Å². The second kappa shape index (κ2) is 4.04. The summed E-state index contributed by atoms with van der Waals surface area (Å²) in [6.45, 7) is 0. The van der Waals surface area contributed by atoms with Crippen molar-refractivity contribution in [3.05, 3.63) is 30.1 Å². The van der Waals surface area contributed by atoms with Crippen LogP contribution in [0.5, 0.6) is 0 Å². The third kappa shape index (κ3) is 2.17. The minimum atomic E-state index is -0.990. The van der Waals surface area contributed by atoms with E-state index in [4.69, 9.17) is 5.11 Å². The molecule has 0 spiro atoms. The van der Waals surface area contributed by atoms with Gasteiger partial charge in [0.2, 0.25) is 0 Å². The van der Waals surface area contributed by atoms with Gasteiger partial charge in [0, 0.05) is 6.20 Å². The molecule has 3 nitrogen and oxygen atoms in total. The normalized spacial score (nSPS) is 8.00. The van der Waals surface area contributed by atoms with Crippen LogP contribution in [0.3, 0.4) is 0 Å². The fourth-order valence-electron chi connectivity index (χ4n) is 0.489. The molecule has 0 bridgehead atoms. The van der Waals surface area contributed by atoms with Crippen molar-refractivity contribution in [3.63, 3.8) is 0 Å². The summed E-state index contributed by atoms with van der Waals surface area (Å²) in [6.07, 6.45) is 1.45. The van der Waals surface area contributed by atoms with Gasteiger partial charge < -0.3 is 5.11 Å². The number of carboxylic acid groups (broad SMARTS) is 1. The molecule has 1 N–H and O–H groups in total. The van der Waals surface area contributed by atoms with Crippen molar-refractivity contribution < 1.29 is 9.90 Å². The molecular formula is C6H7NO2Se. The molecule has 0 aliphatic rings. The molecule has 4 heteroatoms. The van der Waals surface area contributed by atoms with Crippen molar-refractivity contribution in [2.45, 2.75) is 0 Å². The number of rotatable bonds is 1. The monoisotopic (exact) mass is 205 g/mol. The first-order chi connectivity index (χ1) is 4.30. The van der Waals surface area contributed by atoms with Gasteiger partial charge in [-0.3, -0.25) is 0 Å². The van der Waals surface area contributed by atoms with Crippen molar-refractivity contribution >= 4 is 23.0 Å². The van der Waals surface area contributed by atoms with Crippen LogP contribution in [0.2, 0.25) is 0 Å². The quantitative estimate of drug-likeness (QED) is 0.648. The Morgan fingerprint density at radius 2 is 2.20 bits per heavy atom. The van der Waals surface area contributed by atoms with Gasteiger partial charge in [-0.25, -0.2) is 9.78 Å². The number of carbonyl (C=O) groups is 1. The molecule has 1 rings (SSSR count). The number of carboxylic acids is 1. The second-order valence-electron chi connectivity index (χ2n) is 1.52. The van der Waals surface area contributed by atoms with E-state index < -0.39 is 5.97 Å². The number of hydrogen-bond donors (Lipinski definition) is 1. The Labute approximate surface area is 68.6 Å². The summed E-state index contributed by atoms with van der Waals surface area (Å²) >= 11 is 0. The van der Waals surface area contributed by atoms with Gasteiger partial charge in [0.15, 0.2) is 0 Å². The van der Waals surface area contributed by atoms with E-state index in [0.29, 0.717) is 0 Å². The molecule has 0 saturated carbocycles. The van der Waals surface area contributed by atoms with Crippen molar-refractivity contribution in [2.75, 3.05) is 0 Å². The Kier molecular flexibility index (Phi) is 3.69. The Bertz CT molecular complexity index is 212. The standard InChI is InChI=1S/C6H5NO2.H2Se/c8-6(9)5-3-1-2-4-7-5;/h1-4H,(H,8,9);1H2. The molecule has 10 heavy (non-hydrogen) atoms. The fraction of sp³-hybridized carbons (Fsp3) is 0. The van der Waals surface area contributed by atoms with Gasteiger partial charge in [0.1, 0.15) is 5.69 Å². The van der Waals surface area contributed by atoms with Crippen LogP contribution in [0.25, 0.3) is 0 Å². The molecule has 0 fully saturated rings. The zero-order valence-electron chi connectivity index (χ0n) is 5.11. The molecule has 0 unspecified atom stereocenters. The fourth-order valence-corrected chi connectivity index (χ4v) is 0.489. The molecule has 1 aromatic rings. The molecule has 0 amide bonds. The van der Waals surface area contributed by atoms with Crippen LogP contribution >= 0.6 is 0 Å². The minimum absolute atomic E-state index is 0. The Morgan fingerprint density at radius 1 is 1.50 bits per heavy atom. The number of aromatic nitrogens is 1. The Hall–Kier alpha value is -0.861. The van der Waals surface area contributed by atoms with Crippen LogP contribution in [0.15, 0.2) is 24.4 Å². The van der Waals surface area contributed by atoms with Crippen LogP contribution < -0.4 is 0 Å². The van der Waals surface area contributed by atoms with E-state index in [0.717, 1.165) is 0 Å². The molecular weight excluding hydrogens is 197 g/mol. The molecule has 1 aromatic heterocycles. The summed E-state index contributed by atoms with van der Waals surface area (Å²) < 4.78 is 0. The first kappa shape index (κ1) is 9.14. The molecule has 0 aliphatic carbocycles.